The summed E-state index contributed by atoms with van der Waals surface area (Å²) in [5, 5.41) is 3.77. The Kier molecular flexibility index (Phi) is 4.83. The Labute approximate surface area is 80.7 Å². The number of oxime groups is 1. The molecule has 1 heterocycles. The lowest BCUT2D eigenvalue weighted by Crippen LogP contribution is -2.34. The van der Waals surface area contributed by atoms with E-state index in [9.17, 15) is 0 Å². The minimum atomic E-state index is 0.714. The average Bonchev–Trinajstić information content (AvgIpc) is 2.19. The van der Waals surface area contributed by atoms with Gasteiger partial charge >= 0.3 is 0 Å². The van der Waals surface area contributed by atoms with Gasteiger partial charge in [0, 0.05) is 6.21 Å². The molecule has 0 spiro atoms. The molecule has 1 rings (SSSR count). The molecule has 0 unspecified atom stereocenters. The summed E-state index contributed by atoms with van der Waals surface area (Å²) < 4.78 is 0. The van der Waals surface area contributed by atoms with Gasteiger partial charge in [0.15, 0.2) is 0 Å². The van der Waals surface area contributed by atoms with E-state index in [2.05, 4.69) is 17.0 Å². The lowest BCUT2D eigenvalue weighted by Gasteiger charge is -2.30. The molecule has 0 aromatic heterocycles. The van der Waals surface area contributed by atoms with Gasteiger partial charge in [0.1, 0.15) is 6.61 Å². The van der Waals surface area contributed by atoms with Crippen molar-refractivity contribution in [1.29, 1.82) is 0 Å². The van der Waals surface area contributed by atoms with Crippen molar-refractivity contribution < 1.29 is 4.84 Å². The standard InChI is InChI=1S/C10H20N2O/c1-3-11-13-9-10-5-7-12(4-2)8-6-10/h3,10H,4-9H2,1-2H3. The van der Waals surface area contributed by atoms with E-state index in [-0.39, 0.29) is 0 Å². The Bertz CT molecular complexity index is 151. The van der Waals surface area contributed by atoms with Crippen LogP contribution in [0.5, 0.6) is 0 Å². The fourth-order valence-electron chi connectivity index (χ4n) is 1.69. The van der Waals surface area contributed by atoms with Crippen molar-refractivity contribution in [2.75, 3.05) is 26.2 Å². The van der Waals surface area contributed by atoms with Gasteiger partial charge in [0.05, 0.1) is 0 Å². The third kappa shape index (κ3) is 3.77. The second-order valence-electron chi connectivity index (χ2n) is 3.54. The molecule has 0 N–H and O–H groups in total. The van der Waals surface area contributed by atoms with Crippen molar-refractivity contribution in [2.45, 2.75) is 26.7 Å². The second kappa shape index (κ2) is 5.97. The molecule has 1 aliphatic heterocycles. The maximum absolute atomic E-state index is 5.14. The van der Waals surface area contributed by atoms with E-state index in [0.717, 1.165) is 6.61 Å². The summed E-state index contributed by atoms with van der Waals surface area (Å²) in [6, 6.07) is 0. The van der Waals surface area contributed by atoms with Gasteiger partial charge in [-0.2, -0.15) is 0 Å². The predicted molar refractivity (Wildman–Crippen MR) is 55.0 cm³/mol. The lowest BCUT2D eigenvalue weighted by atomic mass is 9.98. The van der Waals surface area contributed by atoms with E-state index in [4.69, 9.17) is 4.84 Å². The molecule has 0 aromatic rings. The number of hydrogen-bond acceptors (Lipinski definition) is 3. The first-order valence-electron chi connectivity index (χ1n) is 5.19. The van der Waals surface area contributed by atoms with Crippen molar-refractivity contribution >= 4 is 6.21 Å². The molecule has 1 saturated heterocycles. The maximum Gasteiger partial charge on any atom is 0.120 e. The first-order valence-corrected chi connectivity index (χ1v) is 5.19. The quantitative estimate of drug-likeness (QED) is 0.491. The third-order valence-corrected chi connectivity index (χ3v) is 2.64. The lowest BCUT2D eigenvalue weighted by molar-refractivity contribution is 0.0736. The van der Waals surface area contributed by atoms with Gasteiger partial charge in [-0.3, -0.25) is 0 Å². The van der Waals surface area contributed by atoms with Crippen molar-refractivity contribution in [3.05, 3.63) is 0 Å². The molecular weight excluding hydrogens is 164 g/mol. The second-order valence-corrected chi connectivity index (χ2v) is 3.54. The summed E-state index contributed by atoms with van der Waals surface area (Å²) in [6.07, 6.45) is 4.21. The fourth-order valence-corrected chi connectivity index (χ4v) is 1.69. The van der Waals surface area contributed by atoms with Gasteiger partial charge in [0.2, 0.25) is 0 Å². The molecule has 3 nitrogen and oxygen atoms in total. The highest BCUT2D eigenvalue weighted by Crippen LogP contribution is 2.16. The molecular formula is C10H20N2O. The number of likely N-dealkylation sites (tertiary alicyclic amines) is 1. The summed E-state index contributed by atoms with van der Waals surface area (Å²) in [7, 11) is 0. The Morgan fingerprint density at radius 2 is 2.15 bits per heavy atom. The monoisotopic (exact) mass is 184 g/mol. The fraction of sp³-hybridized carbons (Fsp3) is 0.900. The van der Waals surface area contributed by atoms with Crippen LogP contribution in [0.2, 0.25) is 0 Å². The summed E-state index contributed by atoms with van der Waals surface area (Å²) in [4.78, 5) is 7.63. The Morgan fingerprint density at radius 3 is 2.69 bits per heavy atom. The van der Waals surface area contributed by atoms with Crippen molar-refractivity contribution in [3.8, 4) is 0 Å². The van der Waals surface area contributed by atoms with Crippen LogP contribution in [0.25, 0.3) is 0 Å². The molecule has 0 aliphatic carbocycles. The zero-order valence-corrected chi connectivity index (χ0v) is 8.70. The Hall–Kier alpha value is -0.570. The Morgan fingerprint density at radius 1 is 1.46 bits per heavy atom. The topological polar surface area (TPSA) is 24.8 Å². The van der Waals surface area contributed by atoms with Crippen LogP contribution in [0, 0.1) is 5.92 Å². The first kappa shape index (κ1) is 10.5. The minimum absolute atomic E-state index is 0.714. The van der Waals surface area contributed by atoms with Crippen LogP contribution >= 0.6 is 0 Å². The van der Waals surface area contributed by atoms with E-state index in [1.807, 2.05) is 6.92 Å². The highest BCUT2D eigenvalue weighted by molar-refractivity contribution is 5.52. The molecule has 0 amide bonds. The van der Waals surface area contributed by atoms with E-state index in [1.54, 1.807) is 6.21 Å². The van der Waals surface area contributed by atoms with Crippen LogP contribution in [0.4, 0.5) is 0 Å². The average molecular weight is 184 g/mol. The molecule has 0 aromatic carbocycles. The van der Waals surface area contributed by atoms with Gasteiger partial charge in [0.25, 0.3) is 0 Å². The highest BCUT2D eigenvalue weighted by Gasteiger charge is 2.18. The molecule has 3 heteroatoms. The minimum Gasteiger partial charge on any atom is -0.396 e. The predicted octanol–water partition coefficient (Wildman–Crippen LogP) is 1.74. The van der Waals surface area contributed by atoms with Crippen LogP contribution in [0.3, 0.4) is 0 Å². The molecule has 1 fully saturated rings. The number of rotatable bonds is 4. The van der Waals surface area contributed by atoms with Gasteiger partial charge in [-0.25, -0.2) is 0 Å². The molecule has 0 atom stereocenters. The van der Waals surface area contributed by atoms with Crippen LogP contribution in [0.1, 0.15) is 26.7 Å². The van der Waals surface area contributed by atoms with Crippen molar-refractivity contribution in [1.82, 2.24) is 4.90 Å². The molecule has 0 bridgehead atoms. The third-order valence-electron chi connectivity index (χ3n) is 2.64. The van der Waals surface area contributed by atoms with Gasteiger partial charge < -0.3 is 9.74 Å². The number of nitrogens with zero attached hydrogens (tertiary/aromatic N) is 2. The van der Waals surface area contributed by atoms with Crippen molar-refractivity contribution in [3.63, 3.8) is 0 Å². The van der Waals surface area contributed by atoms with Crippen molar-refractivity contribution in [2.24, 2.45) is 11.1 Å². The summed E-state index contributed by atoms with van der Waals surface area (Å²) in [5.74, 6) is 0.714. The molecule has 1 aliphatic rings. The Balaban J connectivity index is 2.10. The van der Waals surface area contributed by atoms with Gasteiger partial charge in [-0.15, -0.1) is 0 Å². The largest absolute Gasteiger partial charge is 0.396 e. The smallest absolute Gasteiger partial charge is 0.120 e. The molecule has 76 valence electrons. The van der Waals surface area contributed by atoms with E-state index in [0.29, 0.717) is 5.92 Å². The number of piperidine rings is 1. The van der Waals surface area contributed by atoms with Crippen LogP contribution in [-0.4, -0.2) is 37.4 Å². The van der Waals surface area contributed by atoms with E-state index >= 15 is 0 Å². The maximum atomic E-state index is 5.14. The molecule has 0 saturated carbocycles. The SMILES string of the molecule is CC=NOCC1CCN(CC)CC1. The highest BCUT2D eigenvalue weighted by atomic mass is 16.6. The summed E-state index contributed by atoms with van der Waals surface area (Å²) in [6.45, 7) is 8.52. The van der Waals surface area contributed by atoms with E-state index < -0.39 is 0 Å². The van der Waals surface area contributed by atoms with Crippen LogP contribution in [0.15, 0.2) is 5.16 Å². The van der Waals surface area contributed by atoms with Crippen LogP contribution < -0.4 is 0 Å². The van der Waals surface area contributed by atoms with E-state index in [1.165, 1.54) is 32.5 Å². The zero-order chi connectivity index (χ0) is 9.52. The zero-order valence-electron chi connectivity index (χ0n) is 8.70. The summed E-state index contributed by atoms with van der Waals surface area (Å²) in [5.41, 5.74) is 0. The normalized spacial score (nSPS) is 21.1. The molecule has 0 radical (unpaired) electrons. The van der Waals surface area contributed by atoms with Gasteiger partial charge in [-0.1, -0.05) is 12.1 Å². The van der Waals surface area contributed by atoms with Gasteiger partial charge in [-0.05, 0) is 45.3 Å². The van der Waals surface area contributed by atoms with Crippen LogP contribution in [-0.2, 0) is 4.84 Å². The number of hydrogen-bond donors (Lipinski definition) is 0. The molecule has 13 heavy (non-hydrogen) atoms. The first-order chi connectivity index (χ1) is 6.36. The summed E-state index contributed by atoms with van der Waals surface area (Å²) >= 11 is 0.